The second-order valence-electron chi connectivity index (χ2n) is 3.18. The lowest BCUT2D eigenvalue weighted by Gasteiger charge is -1.97. The van der Waals surface area contributed by atoms with E-state index in [1.807, 2.05) is 18.2 Å². The van der Waals surface area contributed by atoms with Crippen molar-refractivity contribution in [2.24, 2.45) is 0 Å². The van der Waals surface area contributed by atoms with Crippen molar-refractivity contribution in [3.8, 4) is 0 Å². The molecule has 0 spiro atoms. The molecule has 2 heterocycles. The Bertz CT molecular complexity index is 498. The van der Waals surface area contributed by atoms with Crippen molar-refractivity contribution in [3.63, 3.8) is 0 Å². The fourth-order valence-corrected chi connectivity index (χ4v) is 2.41. The van der Waals surface area contributed by atoms with Gasteiger partial charge in [-0.2, -0.15) is 0 Å². The summed E-state index contributed by atoms with van der Waals surface area (Å²) in [7, 11) is 0. The molecule has 0 unspecified atom stereocenters. The molecule has 0 saturated carbocycles. The number of hydrogen-bond donors (Lipinski definition) is 1. The van der Waals surface area contributed by atoms with E-state index in [9.17, 15) is 4.79 Å². The first-order valence-electron chi connectivity index (χ1n) is 4.23. The molecule has 74 valence electrons. The molecule has 0 aliphatic rings. The first-order valence-corrected chi connectivity index (χ1v) is 5.05. The van der Waals surface area contributed by atoms with Crippen LogP contribution in [0.5, 0.6) is 0 Å². The number of aliphatic carboxylic acids is 1. The molecule has 4 nitrogen and oxygen atoms in total. The molecule has 2 rings (SSSR count). The molecule has 0 atom stereocenters. The van der Waals surface area contributed by atoms with Gasteiger partial charge in [0.15, 0.2) is 4.96 Å². The molecule has 0 aromatic carbocycles. The number of thiazole rings is 1. The highest BCUT2D eigenvalue weighted by molar-refractivity contribution is 7.17. The maximum absolute atomic E-state index is 10.6. The van der Waals surface area contributed by atoms with Crippen molar-refractivity contribution in [2.45, 2.75) is 20.3 Å². The summed E-state index contributed by atoms with van der Waals surface area (Å²) in [5, 5.41) is 8.70. The normalized spacial score (nSPS) is 11.0. The molecular formula is C9H10N2O2S. The summed E-state index contributed by atoms with van der Waals surface area (Å²) in [6.45, 7) is 3.99. The van der Waals surface area contributed by atoms with Crippen LogP contribution >= 0.6 is 11.3 Å². The zero-order chi connectivity index (χ0) is 10.3. The van der Waals surface area contributed by atoms with Crippen molar-refractivity contribution in [1.29, 1.82) is 0 Å². The Balaban J connectivity index is 2.60. The Morgan fingerprint density at radius 1 is 1.64 bits per heavy atom. The van der Waals surface area contributed by atoms with Gasteiger partial charge in [-0.15, -0.1) is 11.3 Å². The zero-order valence-corrected chi connectivity index (χ0v) is 8.76. The van der Waals surface area contributed by atoms with E-state index in [0.717, 1.165) is 16.3 Å². The smallest absolute Gasteiger partial charge is 0.309 e. The number of rotatable bonds is 2. The fourth-order valence-electron chi connectivity index (χ4n) is 1.45. The first-order chi connectivity index (χ1) is 6.59. The summed E-state index contributed by atoms with van der Waals surface area (Å²) >= 11 is 1.59. The van der Waals surface area contributed by atoms with Gasteiger partial charge in [-0.1, -0.05) is 0 Å². The van der Waals surface area contributed by atoms with Crippen LogP contribution in [-0.2, 0) is 11.2 Å². The Morgan fingerprint density at radius 2 is 2.36 bits per heavy atom. The Hall–Kier alpha value is -1.36. The van der Waals surface area contributed by atoms with E-state index in [4.69, 9.17) is 5.11 Å². The second kappa shape index (κ2) is 3.09. The molecule has 5 heteroatoms. The number of nitrogens with zero attached hydrogens (tertiary/aromatic N) is 2. The molecule has 0 amide bonds. The van der Waals surface area contributed by atoms with Crippen LogP contribution in [0.1, 0.15) is 16.3 Å². The van der Waals surface area contributed by atoms with Crippen LogP contribution in [0.2, 0.25) is 0 Å². The number of hydrogen-bond acceptors (Lipinski definition) is 3. The van der Waals surface area contributed by atoms with Gasteiger partial charge in [0.25, 0.3) is 0 Å². The Kier molecular flexibility index (Phi) is 2.03. The summed E-state index contributed by atoms with van der Waals surface area (Å²) in [6, 6.07) is 0. The van der Waals surface area contributed by atoms with E-state index in [0.29, 0.717) is 0 Å². The van der Waals surface area contributed by atoms with Crippen LogP contribution in [0.25, 0.3) is 4.96 Å². The average molecular weight is 210 g/mol. The summed E-state index contributed by atoms with van der Waals surface area (Å²) in [4.78, 5) is 16.8. The third-order valence-corrected chi connectivity index (χ3v) is 3.30. The van der Waals surface area contributed by atoms with Crippen LogP contribution in [-0.4, -0.2) is 20.5 Å². The summed E-state index contributed by atoms with van der Waals surface area (Å²) < 4.78 is 1.91. The van der Waals surface area contributed by atoms with Gasteiger partial charge in [-0.05, 0) is 13.8 Å². The molecule has 1 N–H and O–H groups in total. The van der Waals surface area contributed by atoms with Gasteiger partial charge >= 0.3 is 5.97 Å². The number of aryl methyl sites for hydroxylation is 2. The second-order valence-corrected chi connectivity index (χ2v) is 4.36. The van der Waals surface area contributed by atoms with Crippen LogP contribution in [0, 0.1) is 13.8 Å². The predicted octanol–water partition coefficient (Wildman–Crippen LogP) is 1.64. The third-order valence-electron chi connectivity index (χ3n) is 2.22. The minimum atomic E-state index is -0.824. The van der Waals surface area contributed by atoms with Gasteiger partial charge in [-0.25, -0.2) is 4.98 Å². The van der Waals surface area contributed by atoms with Gasteiger partial charge < -0.3 is 5.11 Å². The van der Waals surface area contributed by atoms with E-state index < -0.39 is 5.97 Å². The molecule has 0 fully saturated rings. The van der Waals surface area contributed by atoms with Gasteiger partial charge in [-0.3, -0.25) is 9.20 Å². The quantitative estimate of drug-likeness (QED) is 0.819. The van der Waals surface area contributed by atoms with Crippen molar-refractivity contribution in [3.05, 3.63) is 22.5 Å². The lowest BCUT2D eigenvalue weighted by atomic mass is 10.3. The van der Waals surface area contributed by atoms with Crippen molar-refractivity contribution in [1.82, 2.24) is 9.38 Å². The number of carboxylic acid groups (broad SMARTS) is 1. The average Bonchev–Trinajstić information content (AvgIpc) is 2.57. The molecule has 0 aliphatic carbocycles. The number of carbonyl (C=O) groups is 1. The first kappa shape index (κ1) is 9.21. The standard InChI is InChI=1S/C9H10N2O2S/c1-5-6(2)14-9-10-4-7(11(5)9)3-8(12)13/h4H,3H2,1-2H3,(H,12,13). The lowest BCUT2D eigenvalue weighted by Crippen LogP contribution is -2.03. The van der Waals surface area contributed by atoms with Gasteiger partial charge in [0.2, 0.25) is 0 Å². The minimum absolute atomic E-state index is 0.0260. The van der Waals surface area contributed by atoms with E-state index in [-0.39, 0.29) is 6.42 Å². The monoisotopic (exact) mass is 210 g/mol. The van der Waals surface area contributed by atoms with E-state index in [2.05, 4.69) is 4.98 Å². The van der Waals surface area contributed by atoms with Crippen molar-refractivity contribution < 1.29 is 9.90 Å². The van der Waals surface area contributed by atoms with Gasteiger partial charge in [0, 0.05) is 10.6 Å². The minimum Gasteiger partial charge on any atom is -0.481 e. The lowest BCUT2D eigenvalue weighted by molar-refractivity contribution is -0.136. The van der Waals surface area contributed by atoms with E-state index >= 15 is 0 Å². The van der Waals surface area contributed by atoms with Crippen LogP contribution in [0.4, 0.5) is 0 Å². The van der Waals surface area contributed by atoms with Crippen LogP contribution in [0.15, 0.2) is 6.20 Å². The molecule has 14 heavy (non-hydrogen) atoms. The molecule has 0 saturated heterocycles. The van der Waals surface area contributed by atoms with Crippen LogP contribution in [0.3, 0.4) is 0 Å². The summed E-state index contributed by atoms with van der Waals surface area (Å²) in [6.07, 6.45) is 1.66. The fraction of sp³-hybridized carbons (Fsp3) is 0.333. The van der Waals surface area contributed by atoms with Gasteiger partial charge in [0.05, 0.1) is 18.3 Å². The number of carboxylic acids is 1. The summed E-state index contributed by atoms with van der Waals surface area (Å²) in [5.41, 5.74) is 1.83. The predicted molar refractivity (Wildman–Crippen MR) is 53.9 cm³/mol. The zero-order valence-electron chi connectivity index (χ0n) is 7.94. The van der Waals surface area contributed by atoms with Crippen molar-refractivity contribution in [2.75, 3.05) is 0 Å². The molecule has 2 aromatic rings. The topological polar surface area (TPSA) is 54.6 Å². The maximum Gasteiger partial charge on any atom is 0.309 e. The molecule has 0 aliphatic heterocycles. The Morgan fingerprint density at radius 3 is 3.00 bits per heavy atom. The molecule has 0 bridgehead atoms. The highest BCUT2D eigenvalue weighted by Gasteiger charge is 2.12. The van der Waals surface area contributed by atoms with E-state index in [1.165, 1.54) is 4.88 Å². The highest BCUT2D eigenvalue weighted by atomic mass is 32.1. The number of imidazole rings is 1. The highest BCUT2D eigenvalue weighted by Crippen LogP contribution is 2.22. The molecular weight excluding hydrogens is 200 g/mol. The summed E-state index contributed by atoms with van der Waals surface area (Å²) in [5.74, 6) is -0.824. The maximum atomic E-state index is 10.6. The number of aromatic nitrogens is 2. The van der Waals surface area contributed by atoms with Crippen molar-refractivity contribution >= 4 is 22.3 Å². The van der Waals surface area contributed by atoms with Gasteiger partial charge in [0.1, 0.15) is 0 Å². The van der Waals surface area contributed by atoms with Crippen LogP contribution < -0.4 is 0 Å². The SMILES string of the molecule is Cc1sc2ncc(CC(=O)O)n2c1C. The largest absolute Gasteiger partial charge is 0.481 e. The van der Waals surface area contributed by atoms with E-state index in [1.54, 1.807) is 17.5 Å². The molecule has 0 radical (unpaired) electrons. The Labute approximate surface area is 84.8 Å². The third kappa shape index (κ3) is 1.29. The molecule has 2 aromatic heterocycles. The number of fused-ring (bicyclic) bond motifs is 1.